The Labute approximate surface area is 101 Å². The quantitative estimate of drug-likeness (QED) is 0.537. The maximum Gasteiger partial charge on any atom is 0.469 e. The first kappa shape index (κ1) is 15.0. The number of β-amino-alcohol motifs (C(OH)–C–C–N with tert-alkyl or cyclic N) is 1. The number of phosphoric acid groups is 1. The Hall–Kier alpha value is -0.0100. The predicted octanol–water partition coefficient (Wildman–Crippen LogP) is -0.906. The molecule has 0 aromatic rings. The number of hydrogen-bond donors (Lipinski definition) is 3. The number of piperazine rings is 1. The Morgan fingerprint density at radius 2 is 1.88 bits per heavy atom. The second kappa shape index (κ2) is 6.80. The van der Waals surface area contributed by atoms with Crippen molar-refractivity contribution in [1.29, 1.82) is 0 Å². The van der Waals surface area contributed by atoms with Crippen molar-refractivity contribution >= 4 is 7.82 Å². The molecule has 0 aliphatic carbocycles. The summed E-state index contributed by atoms with van der Waals surface area (Å²) in [6, 6.07) is -0.0149. The van der Waals surface area contributed by atoms with Crippen molar-refractivity contribution < 1.29 is 24.0 Å². The second-order valence-corrected chi connectivity index (χ2v) is 5.48. The number of hydrogen-bond acceptors (Lipinski definition) is 5. The van der Waals surface area contributed by atoms with Crippen LogP contribution >= 0.6 is 7.82 Å². The molecular weight excluding hydrogens is 247 g/mol. The van der Waals surface area contributed by atoms with Crippen molar-refractivity contribution in [3.63, 3.8) is 0 Å². The Kier molecular flexibility index (Phi) is 6.02. The molecule has 1 aliphatic heterocycles. The van der Waals surface area contributed by atoms with E-state index in [0.717, 1.165) is 26.2 Å². The van der Waals surface area contributed by atoms with Crippen LogP contribution in [0.5, 0.6) is 0 Å². The van der Waals surface area contributed by atoms with Gasteiger partial charge < -0.3 is 14.9 Å². The lowest BCUT2D eigenvalue weighted by Gasteiger charge is -2.37. The largest absolute Gasteiger partial charge is 0.469 e. The highest BCUT2D eigenvalue weighted by Crippen LogP contribution is 2.35. The predicted molar refractivity (Wildman–Crippen MR) is 62.6 cm³/mol. The highest BCUT2D eigenvalue weighted by atomic mass is 31.2. The van der Waals surface area contributed by atoms with E-state index in [1.807, 2.05) is 6.92 Å². The van der Waals surface area contributed by atoms with Crippen molar-refractivity contribution in [3.8, 4) is 0 Å². The minimum absolute atomic E-state index is 0.0149. The molecule has 7 nitrogen and oxygen atoms in total. The van der Waals surface area contributed by atoms with Crippen LogP contribution in [0.4, 0.5) is 0 Å². The summed E-state index contributed by atoms with van der Waals surface area (Å²) in [5.74, 6) is 0. The molecule has 1 saturated heterocycles. The van der Waals surface area contributed by atoms with Crippen LogP contribution < -0.4 is 0 Å². The molecule has 1 unspecified atom stereocenters. The van der Waals surface area contributed by atoms with Crippen molar-refractivity contribution in [2.24, 2.45) is 0 Å². The molecule has 0 spiro atoms. The van der Waals surface area contributed by atoms with Crippen LogP contribution in [0.3, 0.4) is 0 Å². The summed E-state index contributed by atoms with van der Waals surface area (Å²) in [5.41, 5.74) is 0. The molecular formula is C9H21N2O5P. The maximum absolute atomic E-state index is 10.6. The van der Waals surface area contributed by atoms with Gasteiger partial charge in [0.25, 0.3) is 0 Å². The fraction of sp³-hybridized carbons (Fsp3) is 1.00. The van der Waals surface area contributed by atoms with Gasteiger partial charge in [0.1, 0.15) is 0 Å². The van der Waals surface area contributed by atoms with Crippen molar-refractivity contribution in [3.05, 3.63) is 0 Å². The maximum atomic E-state index is 10.6. The Bertz CT molecular complexity index is 264. The molecule has 17 heavy (non-hydrogen) atoms. The van der Waals surface area contributed by atoms with Gasteiger partial charge in [-0.15, -0.1) is 0 Å². The third-order valence-corrected chi connectivity index (χ3v) is 3.42. The lowest BCUT2D eigenvalue weighted by Crippen LogP contribution is -2.51. The van der Waals surface area contributed by atoms with E-state index in [2.05, 4.69) is 14.3 Å². The lowest BCUT2D eigenvalue weighted by atomic mass is 10.2. The van der Waals surface area contributed by atoms with E-state index in [9.17, 15) is 4.57 Å². The molecule has 1 aliphatic rings. The molecule has 102 valence electrons. The molecule has 1 atom stereocenters. The Morgan fingerprint density at radius 1 is 1.29 bits per heavy atom. The van der Waals surface area contributed by atoms with Crippen LogP contribution in [-0.4, -0.2) is 76.7 Å². The summed E-state index contributed by atoms with van der Waals surface area (Å²) in [6.07, 6.45) is 0. The molecule has 0 saturated carbocycles. The lowest BCUT2D eigenvalue weighted by molar-refractivity contribution is 0.0625. The molecule has 0 amide bonds. The summed E-state index contributed by atoms with van der Waals surface area (Å²) in [5, 5.41) is 8.81. The van der Waals surface area contributed by atoms with Gasteiger partial charge in [0.2, 0.25) is 0 Å². The van der Waals surface area contributed by atoms with Crippen LogP contribution in [-0.2, 0) is 9.09 Å². The number of phosphoric ester groups is 1. The summed E-state index contributed by atoms with van der Waals surface area (Å²) in [4.78, 5) is 21.5. The van der Waals surface area contributed by atoms with E-state index in [-0.39, 0.29) is 19.3 Å². The Balaban J connectivity index is 2.26. The van der Waals surface area contributed by atoms with Gasteiger partial charge in [-0.3, -0.25) is 14.3 Å². The summed E-state index contributed by atoms with van der Waals surface area (Å²) >= 11 is 0. The average molecular weight is 268 g/mol. The molecule has 0 aromatic heterocycles. The van der Waals surface area contributed by atoms with Gasteiger partial charge in [-0.05, 0) is 6.92 Å². The molecule has 1 fully saturated rings. The third kappa shape index (κ3) is 5.92. The zero-order valence-corrected chi connectivity index (χ0v) is 10.9. The van der Waals surface area contributed by atoms with Gasteiger partial charge in [0.15, 0.2) is 0 Å². The first-order valence-electron chi connectivity index (χ1n) is 5.69. The van der Waals surface area contributed by atoms with Crippen LogP contribution in [0.2, 0.25) is 0 Å². The van der Waals surface area contributed by atoms with Gasteiger partial charge >= 0.3 is 7.82 Å². The van der Waals surface area contributed by atoms with Crippen LogP contribution in [0.15, 0.2) is 0 Å². The van der Waals surface area contributed by atoms with Gasteiger partial charge in [0, 0.05) is 38.8 Å². The Morgan fingerprint density at radius 3 is 2.35 bits per heavy atom. The van der Waals surface area contributed by atoms with E-state index in [4.69, 9.17) is 14.9 Å². The fourth-order valence-electron chi connectivity index (χ4n) is 1.88. The monoisotopic (exact) mass is 268 g/mol. The average Bonchev–Trinajstić information content (AvgIpc) is 2.26. The van der Waals surface area contributed by atoms with Gasteiger partial charge in [-0.25, -0.2) is 4.57 Å². The second-order valence-electron chi connectivity index (χ2n) is 4.24. The van der Waals surface area contributed by atoms with Gasteiger partial charge in [-0.2, -0.15) is 0 Å². The van der Waals surface area contributed by atoms with E-state index in [0.29, 0.717) is 6.54 Å². The summed E-state index contributed by atoms with van der Waals surface area (Å²) in [6.45, 7) is 6.14. The fourth-order valence-corrected chi connectivity index (χ4v) is 2.29. The summed E-state index contributed by atoms with van der Waals surface area (Å²) < 4.78 is 15.1. The SMILES string of the molecule is CC(COP(=O)(O)O)N1CCN(CCO)CC1. The van der Waals surface area contributed by atoms with Crippen LogP contribution in [0.25, 0.3) is 0 Å². The molecule has 1 heterocycles. The molecule has 0 aromatic carbocycles. The minimum atomic E-state index is -4.36. The standard InChI is InChI=1S/C9H21N2O5P/c1-9(8-16-17(13,14)15)11-4-2-10(3-5-11)6-7-12/h9,12H,2-8H2,1H3,(H2,13,14,15). The van der Waals surface area contributed by atoms with Crippen molar-refractivity contribution in [2.45, 2.75) is 13.0 Å². The molecule has 0 radical (unpaired) electrons. The van der Waals surface area contributed by atoms with E-state index < -0.39 is 7.82 Å². The highest BCUT2D eigenvalue weighted by Gasteiger charge is 2.23. The van der Waals surface area contributed by atoms with Crippen LogP contribution in [0, 0.1) is 0 Å². The zero-order chi connectivity index (χ0) is 12.9. The van der Waals surface area contributed by atoms with Crippen molar-refractivity contribution in [2.75, 3.05) is 45.9 Å². The highest BCUT2D eigenvalue weighted by molar-refractivity contribution is 7.46. The molecule has 8 heteroatoms. The first-order chi connectivity index (χ1) is 7.92. The number of aliphatic hydroxyl groups is 1. The molecule has 0 bridgehead atoms. The third-order valence-electron chi connectivity index (χ3n) is 2.93. The summed E-state index contributed by atoms with van der Waals surface area (Å²) in [7, 11) is -4.36. The topological polar surface area (TPSA) is 93.5 Å². The van der Waals surface area contributed by atoms with E-state index >= 15 is 0 Å². The minimum Gasteiger partial charge on any atom is -0.395 e. The smallest absolute Gasteiger partial charge is 0.395 e. The normalized spacial score (nSPS) is 21.6. The van der Waals surface area contributed by atoms with Gasteiger partial charge in [-0.1, -0.05) is 0 Å². The van der Waals surface area contributed by atoms with E-state index in [1.54, 1.807) is 0 Å². The molecule has 3 N–H and O–H groups in total. The van der Waals surface area contributed by atoms with Gasteiger partial charge in [0.05, 0.1) is 13.2 Å². The number of aliphatic hydroxyl groups excluding tert-OH is 1. The number of rotatable bonds is 6. The van der Waals surface area contributed by atoms with Crippen molar-refractivity contribution in [1.82, 2.24) is 9.80 Å². The zero-order valence-electron chi connectivity index (χ0n) is 10.0. The van der Waals surface area contributed by atoms with Crippen LogP contribution in [0.1, 0.15) is 6.92 Å². The molecule has 1 rings (SSSR count). The van der Waals surface area contributed by atoms with E-state index in [1.165, 1.54) is 0 Å². The first-order valence-corrected chi connectivity index (χ1v) is 7.23. The number of nitrogens with zero attached hydrogens (tertiary/aromatic N) is 2.